The first-order valence-electron chi connectivity index (χ1n) is 10.3. The number of para-hydroxylation sites is 2. The van der Waals surface area contributed by atoms with Gasteiger partial charge in [-0.25, -0.2) is 14.8 Å². The summed E-state index contributed by atoms with van der Waals surface area (Å²) in [4.78, 5) is 22.5. The zero-order valence-electron chi connectivity index (χ0n) is 17.6. The average Bonchev–Trinajstić information content (AvgIpc) is 3.02. The van der Waals surface area contributed by atoms with Gasteiger partial charge in [-0.15, -0.1) is 0 Å². The highest BCUT2D eigenvalue weighted by Crippen LogP contribution is 2.33. The van der Waals surface area contributed by atoms with Crippen molar-refractivity contribution in [3.05, 3.63) is 59.2 Å². The number of anilines is 1. The normalized spacial score (nSPS) is 11.3. The summed E-state index contributed by atoms with van der Waals surface area (Å²) in [5.41, 5.74) is 12.3. The lowest BCUT2D eigenvalue weighted by Crippen LogP contribution is -2.10. The maximum atomic E-state index is 13.0. The van der Waals surface area contributed by atoms with E-state index in [1.54, 1.807) is 0 Å². The van der Waals surface area contributed by atoms with Crippen LogP contribution < -0.4 is 5.73 Å². The van der Waals surface area contributed by atoms with E-state index in [-0.39, 0.29) is 5.56 Å². The van der Waals surface area contributed by atoms with Gasteiger partial charge in [-0.3, -0.25) is 4.57 Å². The molecule has 4 aromatic rings. The summed E-state index contributed by atoms with van der Waals surface area (Å²) in [6.45, 7) is 6.51. The number of aromatic nitrogens is 3. The fourth-order valence-corrected chi connectivity index (χ4v) is 3.66. The Balaban J connectivity index is 1.95. The standard InChI is InChI=1S/C24H26N4O2/c1-4-5-8-13-30-24(29)20-21-23(27-18-10-7-6-9-17(18)26-21)28(22(20)25)19-14-15(2)11-12-16(19)3/h6-7,9-12,14H,4-5,8,13,25H2,1-3H3. The van der Waals surface area contributed by atoms with Crippen LogP contribution in [0.1, 0.15) is 47.7 Å². The van der Waals surface area contributed by atoms with Crippen molar-refractivity contribution in [2.24, 2.45) is 0 Å². The molecule has 6 nitrogen and oxygen atoms in total. The number of hydrogen-bond donors (Lipinski definition) is 1. The van der Waals surface area contributed by atoms with Gasteiger partial charge in [0.25, 0.3) is 0 Å². The molecule has 0 aliphatic carbocycles. The zero-order chi connectivity index (χ0) is 21.3. The molecule has 2 N–H and O–H groups in total. The van der Waals surface area contributed by atoms with Crippen molar-refractivity contribution in [3.8, 4) is 5.69 Å². The van der Waals surface area contributed by atoms with Gasteiger partial charge >= 0.3 is 5.97 Å². The van der Waals surface area contributed by atoms with Crippen molar-refractivity contribution in [1.29, 1.82) is 0 Å². The van der Waals surface area contributed by atoms with Gasteiger partial charge in [0.1, 0.15) is 16.9 Å². The summed E-state index contributed by atoms with van der Waals surface area (Å²) < 4.78 is 7.35. The van der Waals surface area contributed by atoms with Gasteiger partial charge in [0.2, 0.25) is 0 Å². The summed E-state index contributed by atoms with van der Waals surface area (Å²) in [6, 6.07) is 13.7. The number of ether oxygens (including phenoxy) is 1. The Morgan fingerprint density at radius 1 is 1.07 bits per heavy atom. The van der Waals surface area contributed by atoms with Crippen LogP contribution >= 0.6 is 0 Å². The molecule has 4 rings (SSSR count). The molecule has 0 saturated heterocycles. The number of fused-ring (bicyclic) bond motifs is 2. The lowest BCUT2D eigenvalue weighted by Gasteiger charge is -2.12. The van der Waals surface area contributed by atoms with Crippen LogP contribution in [0.2, 0.25) is 0 Å². The SMILES string of the molecule is CCCCCOC(=O)c1c(N)n(-c2cc(C)ccc2C)c2nc3ccccc3nc12. The second-order valence-electron chi connectivity index (χ2n) is 7.61. The summed E-state index contributed by atoms with van der Waals surface area (Å²) in [5, 5.41) is 0. The Labute approximate surface area is 175 Å². The molecule has 2 aromatic heterocycles. The summed E-state index contributed by atoms with van der Waals surface area (Å²) >= 11 is 0. The van der Waals surface area contributed by atoms with Crippen LogP contribution in [0.3, 0.4) is 0 Å². The number of nitrogens with zero attached hydrogens (tertiary/aromatic N) is 3. The molecule has 0 aliphatic rings. The second kappa shape index (κ2) is 8.14. The van der Waals surface area contributed by atoms with Crippen molar-refractivity contribution in [1.82, 2.24) is 14.5 Å². The van der Waals surface area contributed by atoms with E-state index in [9.17, 15) is 4.79 Å². The molecule has 0 saturated carbocycles. The number of aryl methyl sites for hydroxylation is 2. The van der Waals surface area contributed by atoms with Crippen molar-refractivity contribution in [2.45, 2.75) is 40.0 Å². The first-order chi connectivity index (χ1) is 14.5. The van der Waals surface area contributed by atoms with Crippen molar-refractivity contribution in [3.63, 3.8) is 0 Å². The maximum Gasteiger partial charge on any atom is 0.344 e. The summed E-state index contributed by atoms with van der Waals surface area (Å²) in [5.74, 6) is -0.156. The van der Waals surface area contributed by atoms with E-state index in [4.69, 9.17) is 20.4 Å². The highest BCUT2D eigenvalue weighted by molar-refractivity contribution is 6.09. The van der Waals surface area contributed by atoms with E-state index in [1.165, 1.54) is 0 Å². The minimum absolute atomic E-state index is 0.278. The Bertz CT molecular complexity index is 1240. The van der Waals surface area contributed by atoms with E-state index in [2.05, 4.69) is 6.92 Å². The minimum atomic E-state index is -0.456. The predicted molar refractivity (Wildman–Crippen MR) is 120 cm³/mol. The Morgan fingerprint density at radius 2 is 1.80 bits per heavy atom. The number of nitrogens with two attached hydrogens (primary N) is 1. The maximum absolute atomic E-state index is 13.0. The van der Waals surface area contributed by atoms with Crippen LogP contribution in [0.4, 0.5) is 5.82 Å². The molecule has 0 fully saturated rings. The van der Waals surface area contributed by atoms with Gasteiger partial charge in [0.15, 0.2) is 5.65 Å². The average molecular weight is 402 g/mol. The first kappa shape index (κ1) is 19.9. The van der Waals surface area contributed by atoms with E-state index in [0.29, 0.717) is 29.1 Å². The van der Waals surface area contributed by atoms with Crippen LogP contribution in [0.15, 0.2) is 42.5 Å². The molecule has 0 bridgehead atoms. The third-order valence-corrected chi connectivity index (χ3v) is 5.29. The predicted octanol–water partition coefficient (Wildman–Crippen LogP) is 5.12. The molecule has 2 heterocycles. The molecule has 0 unspecified atom stereocenters. The number of carbonyl (C=O) groups excluding carboxylic acids is 1. The third kappa shape index (κ3) is 3.49. The number of unbranched alkanes of at least 4 members (excludes halogenated alkanes) is 2. The summed E-state index contributed by atoms with van der Waals surface area (Å²) in [6.07, 6.45) is 2.90. The Kier molecular flexibility index (Phi) is 5.40. The lowest BCUT2D eigenvalue weighted by atomic mass is 10.1. The summed E-state index contributed by atoms with van der Waals surface area (Å²) in [7, 11) is 0. The highest BCUT2D eigenvalue weighted by Gasteiger charge is 2.26. The highest BCUT2D eigenvalue weighted by atomic mass is 16.5. The molecule has 154 valence electrons. The second-order valence-corrected chi connectivity index (χ2v) is 7.61. The van der Waals surface area contributed by atoms with Crippen molar-refractivity contribution < 1.29 is 9.53 Å². The van der Waals surface area contributed by atoms with Crippen LogP contribution in [0, 0.1) is 13.8 Å². The van der Waals surface area contributed by atoms with E-state index in [1.807, 2.05) is 60.9 Å². The molecule has 0 atom stereocenters. The molecule has 0 radical (unpaired) electrons. The number of carbonyl (C=O) groups is 1. The van der Waals surface area contributed by atoms with Crippen LogP contribution in [-0.4, -0.2) is 27.1 Å². The minimum Gasteiger partial charge on any atom is -0.462 e. The van der Waals surface area contributed by atoms with E-state index < -0.39 is 5.97 Å². The van der Waals surface area contributed by atoms with Gasteiger partial charge in [0.05, 0.1) is 23.3 Å². The Morgan fingerprint density at radius 3 is 2.53 bits per heavy atom. The van der Waals surface area contributed by atoms with Gasteiger partial charge in [-0.1, -0.05) is 44.0 Å². The largest absolute Gasteiger partial charge is 0.462 e. The number of esters is 1. The molecular formula is C24H26N4O2. The zero-order valence-corrected chi connectivity index (χ0v) is 17.6. The fraction of sp³-hybridized carbons (Fsp3) is 0.292. The Hall–Kier alpha value is -3.41. The topological polar surface area (TPSA) is 83.0 Å². The van der Waals surface area contributed by atoms with Gasteiger partial charge in [0, 0.05) is 0 Å². The number of hydrogen-bond acceptors (Lipinski definition) is 5. The molecule has 0 amide bonds. The lowest BCUT2D eigenvalue weighted by molar-refractivity contribution is 0.0501. The van der Waals surface area contributed by atoms with Crippen molar-refractivity contribution in [2.75, 3.05) is 12.3 Å². The fourth-order valence-electron chi connectivity index (χ4n) is 3.66. The molecule has 6 heteroatoms. The third-order valence-electron chi connectivity index (χ3n) is 5.29. The van der Waals surface area contributed by atoms with Crippen LogP contribution in [0.5, 0.6) is 0 Å². The molecule has 0 aliphatic heterocycles. The van der Waals surface area contributed by atoms with Crippen LogP contribution in [-0.2, 0) is 4.74 Å². The van der Waals surface area contributed by atoms with Gasteiger partial charge in [-0.2, -0.15) is 0 Å². The number of rotatable bonds is 6. The number of benzene rings is 2. The molecule has 30 heavy (non-hydrogen) atoms. The molecular weight excluding hydrogens is 376 g/mol. The first-order valence-corrected chi connectivity index (χ1v) is 10.3. The molecule has 2 aromatic carbocycles. The van der Waals surface area contributed by atoms with Crippen molar-refractivity contribution >= 4 is 34.0 Å². The van der Waals surface area contributed by atoms with Gasteiger partial charge < -0.3 is 10.5 Å². The monoisotopic (exact) mass is 402 g/mol. The van der Waals surface area contributed by atoms with E-state index in [0.717, 1.165) is 41.6 Å². The quantitative estimate of drug-likeness (QED) is 0.357. The molecule has 0 spiro atoms. The van der Waals surface area contributed by atoms with Crippen LogP contribution in [0.25, 0.3) is 27.9 Å². The number of nitrogen functional groups attached to an aromatic ring is 1. The van der Waals surface area contributed by atoms with E-state index >= 15 is 0 Å². The van der Waals surface area contributed by atoms with Gasteiger partial charge in [-0.05, 0) is 49.6 Å². The smallest absolute Gasteiger partial charge is 0.344 e.